The lowest BCUT2D eigenvalue weighted by atomic mass is 10.1. The summed E-state index contributed by atoms with van der Waals surface area (Å²) in [4.78, 5) is 26.7. The van der Waals surface area contributed by atoms with Gasteiger partial charge in [0.2, 0.25) is 0 Å². The number of amides is 1. The SMILES string of the molecule is Cc1ccc2[nH]c(=O)c(CNC(=O)COc3ccccc3F)cc2c1. The summed E-state index contributed by atoms with van der Waals surface area (Å²) in [7, 11) is 0. The molecule has 0 aliphatic rings. The van der Waals surface area contributed by atoms with Crippen LogP contribution in [-0.2, 0) is 11.3 Å². The first-order valence-corrected chi connectivity index (χ1v) is 7.79. The number of para-hydroxylation sites is 1. The van der Waals surface area contributed by atoms with Crippen LogP contribution < -0.4 is 15.6 Å². The van der Waals surface area contributed by atoms with E-state index in [-0.39, 0.29) is 24.5 Å². The summed E-state index contributed by atoms with van der Waals surface area (Å²) in [5.74, 6) is -0.958. The molecule has 1 heterocycles. The Bertz CT molecular complexity index is 982. The number of rotatable bonds is 5. The Kier molecular flexibility index (Phi) is 4.79. The summed E-state index contributed by atoms with van der Waals surface area (Å²) in [6, 6.07) is 13.3. The predicted molar refractivity (Wildman–Crippen MR) is 93.0 cm³/mol. The van der Waals surface area contributed by atoms with E-state index >= 15 is 0 Å². The average molecular weight is 340 g/mol. The molecule has 0 atom stereocenters. The van der Waals surface area contributed by atoms with Crippen LogP contribution in [0.3, 0.4) is 0 Å². The number of carbonyl (C=O) groups excluding carboxylic acids is 1. The second-order valence-corrected chi connectivity index (χ2v) is 5.71. The Balaban J connectivity index is 1.64. The summed E-state index contributed by atoms with van der Waals surface area (Å²) in [6.45, 7) is 1.70. The van der Waals surface area contributed by atoms with Crippen LogP contribution in [0.5, 0.6) is 5.75 Å². The fraction of sp³-hybridized carbons (Fsp3) is 0.158. The molecule has 2 N–H and O–H groups in total. The normalized spacial score (nSPS) is 10.6. The summed E-state index contributed by atoms with van der Waals surface area (Å²) < 4.78 is 18.6. The number of nitrogens with one attached hydrogen (secondary N) is 2. The van der Waals surface area contributed by atoms with E-state index in [2.05, 4.69) is 10.3 Å². The van der Waals surface area contributed by atoms with Crippen LogP contribution in [0.1, 0.15) is 11.1 Å². The van der Waals surface area contributed by atoms with E-state index in [1.165, 1.54) is 18.2 Å². The van der Waals surface area contributed by atoms with E-state index in [4.69, 9.17) is 4.74 Å². The molecule has 5 nitrogen and oxygen atoms in total. The number of aromatic amines is 1. The molecule has 1 aromatic heterocycles. The van der Waals surface area contributed by atoms with Crippen molar-refractivity contribution in [1.29, 1.82) is 0 Å². The second kappa shape index (κ2) is 7.17. The van der Waals surface area contributed by atoms with Crippen molar-refractivity contribution in [3.8, 4) is 5.75 Å². The van der Waals surface area contributed by atoms with Crippen molar-refractivity contribution in [2.45, 2.75) is 13.5 Å². The van der Waals surface area contributed by atoms with Crippen LogP contribution in [0.4, 0.5) is 4.39 Å². The lowest BCUT2D eigenvalue weighted by molar-refractivity contribution is -0.123. The van der Waals surface area contributed by atoms with Crippen LogP contribution in [0.2, 0.25) is 0 Å². The minimum atomic E-state index is -0.531. The van der Waals surface area contributed by atoms with Crippen molar-refractivity contribution >= 4 is 16.8 Å². The molecule has 128 valence electrons. The van der Waals surface area contributed by atoms with Crippen molar-refractivity contribution in [3.63, 3.8) is 0 Å². The molecule has 0 radical (unpaired) electrons. The molecule has 0 aliphatic carbocycles. The Morgan fingerprint density at radius 3 is 2.80 bits per heavy atom. The third-order valence-electron chi connectivity index (χ3n) is 3.75. The second-order valence-electron chi connectivity index (χ2n) is 5.71. The fourth-order valence-electron chi connectivity index (χ4n) is 2.45. The van der Waals surface area contributed by atoms with E-state index in [1.54, 1.807) is 12.1 Å². The molecule has 2 aromatic carbocycles. The van der Waals surface area contributed by atoms with Gasteiger partial charge >= 0.3 is 0 Å². The molecule has 3 aromatic rings. The largest absolute Gasteiger partial charge is 0.481 e. The molecule has 0 aliphatic heterocycles. The van der Waals surface area contributed by atoms with Crippen molar-refractivity contribution in [2.75, 3.05) is 6.61 Å². The monoisotopic (exact) mass is 340 g/mol. The quantitative estimate of drug-likeness (QED) is 0.750. The molecule has 0 saturated carbocycles. The van der Waals surface area contributed by atoms with Gasteiger partial charge in [0, 0.05) is 17.6 Å². The molecular formula is C19H17FN2O3. The predicted octanol–water partition coefficient (Wildman–Crippen LogP) is 2.67. The van der Waals surface area contributed by atoms with Crippen LogP contribution in [-0.4, -0.2) is 17.5 Å². The van der Waals surface area contributed by atoms with E-state index in [9.17, 15) is 14.0 Å². The summed E-state index contributed by atoms with van der Waals surface area (Å²) >= 11 is 0. The van der Waals surface area contributed by atoms with Gasteiger partial charge in [-0.1, -0.05) is 23.8 Å². The third-order valence-corrected chi connectivity index (χ3v) is 3.75. The van der Waals surface area contributed by atoms with E-state index in [1.807, 2.05) is 25.1 Å². The number of halogens is 1. The maximum Gasteiger partial charge on any atom is 0.258 e. The van der Waals surface area contributed by atoms with Gasteiger partial charge in [-0.3, -0.25) is 9.59 Å². The first-order chi connectivity index (χ1) is 12.0. The number of aromatic nitrogens is 1. The molecule has 25 heavy (non-hydrogen) atoms. The molecule has 0 saturated heterocycles. The van der Waals surface area contributed by atoms with Gasteiger partial charge in [-0.15, -0.1) is 0 Å². The highest BCUT2D eigenvalue weighted by atomic mass is 19.1. The molecule has 3 rings (SSSR count). The van der Waals surface area contributed by atoms with Gasteiger partial charge in [-0.2, -0.15) is 0 Å². The highest BCUT2D eigenvalue weighted by Crippen LogP contribution is 2.15. The number of aryl methyl sites for hydroxylation is 1. The van der Waals surface area contributed by atoms with Gasteiger partial charge < -0.3 is 15.0 Å². The van der Waals surface area contributed by atoms with Crippen molar-refractivity contribution in [3.05, 3.63) is 75.8 Å². The van der Waals surface area contributed by atoms with Crippen LogP contribution in [0.25, 0.3) is 10.9 Å². The summed E-state index contributed by atoms with van der Waals surface area (Å²) in [6.07, 6.45) is 0. The molecular weight excluding hydrogens is 323 g/mol. The smallest absolute Gasteiger partial charge is 0.258 e. The molecule has 1 amide bonds. The van der Waals surface area contributed by atoms with Gasteiger partial charge in [0.15, 0.2) is 18.2 Å². The maximum absolute atomic E-state index is 13.4. The lowest BCUT2D eigenvalue weighted by Crippen LogP contribution is -2.30. The number of carbonyl (C=O) groups is 1. The van der Waals surface area contributed by atoms with Gasteiger partial charge in [0.1, 0.15) is 0 Å². The number of pyridine rings is 1. The molecule has 0 spiro atoms. The third kappa shape index (κ3) is 4.03. The minimum absolute atomic E-state index is 0.0108. The van der Waals surface area contributed by atoms with E-state index in [0.29, 0.717) is 5.56 Å². The molecule has 0 fully saturated rings. The minimum Gasteiger partial charge on any atom is -0.481 e. The average Bonchev–Trinajstić information content (AvgIpc) is 2.59. The first kappa shape index (κ1) is 16.7. The Morgan fingerprint density at radius 2 is 2.00 bits per heavy atom. The van der Waals surface area contributed by atoms with Gasteiger partial charge in [0.05, 0.1) is 0 Å². The standard InChI is InChI=1S/C19H17FN2O3/c1-12-6-7-16-13(8-12)9-14(19(24)22-16)10-21-18(23)11-25-17-5-3-2-4-15(17)20/h2-9H,10-11H2,1H3,(H,21,23)(H,22,24). The van der Waals surface area contributed by atoms with E-state index < -0.39 is 11.7 Å². The van der Waals surface area contributed by atoms with Gasteiger partial charge in [-0.25, -0.2) is 4.39 Å². The topological polar surface area (TPSA) is 71.2 Å². The highest BCUT2D eigenvalue weighted by molar-refractivity contribution is 5.80. The molecule has 0 bridgehead atoms. The van der Waals surface area contributed by atoms with Crippen molar-refractivity contribution in [2.24, 2.45) is 0 Å². The number of ether oxygens (including phenoxy) is 1. The number of benzene rings is 2. The molecule has 6 heteroatoms. The number of H-pyrrole nitrogens is 1. The maximum atomic E-state index is 13.4. The van der Waals surface area contributed by atoms with Crippen LogP contribution in [0.15, 0.2) is 53.3 Å². The Morgan fingerprint density at radius 1 is 1.20 bits per heavy atom. The van der Waals surface area contributed by atoms with Crippen LogP contribution in [0, 0.1) is 12.7 Å². The molecule has 0 unspecified atom stereocenters. The zero-order valence-corrected chi connectivity index (χ0v) is 13.6. The number of hydrogen-bond donors (Lipinski definition) is 2. The lowest BCUT2D eigenvalue weighted by Gasteiger charge is -2.08. The van der Waals surface area contributed by atoms with E-state index in [0.717, 1.165) is 16.5 Å². The van der Waals surface area contributed by atoms with Crippen LogP contribution >= 0.6 is 0 Å². The highest BCUT2D eigenvalue weighted by Gasteiger charge is 2.08. The van der Waals surface area contributed by atoms with Gasteiger partial charge in [0.25, 0.3) is 11.5 Å². The Labute approximate surface area is 143 Å². The fourth-order valence-corrected chi connectivity index (χ4v) is 2.45. The van der Waals surface area contributed by atoms with Gasteiger partial charge in [-0.05, 0) is 42.6 Å². The Hall–Kier alpha value is -3.15. The summed E-state index contributed by atoms with van der Waals surface area (Å²) in [5, 5.41) is 3.50. The summed E-state index contributed by atoms with van der Waals surface area (Å²) in [5.41, 5.74) is 2.01. The zero-order chi connectivity index (χ0) is 17.8. The zero-order valence-electron chi connectivity index (χ0n) is 13.6. The van der Waals surface area contributed by atoms with Crippen molar-refractivity contribution in [1.82, 2.24) is 10.3 Å². The number of fused-ring (bicyclic) bond motifs is 1. The number of hydrogen-bond acceptors (Lipinski definition) is 3. The first-order valence-electron chi connectivity index (χ1n) is 7.79. The van der Waals surface area contributed by atoms with Crippen molar-refractivity contribution < 1.29 is 13.9 Å².